The Balaban J connectivity index is 1.97. The van der Waals surface area contributed by atoms with Crippen molar-refractivity contribution in [3.63, 3.8) is 0 Å². The molecule has 2 fully saturated rings. The maximum atomic E-state index is 12.3. The predicted octanol–water partition coefficient (Wildman–Crippen LogP) is 2.46. The summed E-state index contributed by atoms with van der Waals surface area (Å²) in [7, 11) is 0. The van der Waals surface area contributed by atoms with Crippen molar-refractivity contribution in [3.8, 4) is 0 Å². The molecule has 2 rings (SSSR count). The summed E-state index contributed by atoms with van der Waals surface area (Å²) in [6, 6.07) is 0.112. The summed E-state index contributed by atoms with van der Waals surface area (Å²) in [6.07, 6.45) is 5.31. The van der Waals surface area contributed by atoms with E-state index in [1.807, 2.05) is 13.8 Å². The second-order valence-corrected chi connectivity index (χ2v) is 6.44. The average Bonchev–Trinajstić information content (AvgIpc) is 3.23. The topological polar surface area (TPSA) is 69.6 Å². The van der Waals surface area contributed by atoms with E-state index in [9.17, 15) is 14.7 Å². The Morgan fingerprint density at radius 2 is 2.15 bits per heavy atom. The second-order valence-electron chi connectivity index (χ2n) is 6.44. The molecule has 5 nitrogen and oxygen atoms in total. The van der Waals surface area contributed by atoms with Crippen molar-refractivity contribution in [3.05, 3.63) is 0 Å². The van der Waals surface area contributed by atoms with Gasteiger partial charge < -0.3 is 15.3 Å². The summed E-state index contributed by atoms with van der Waals surface area (Å²) in [5, 5.41) is 12.6. The van der Waals surface area contributed by atoms with Gasteiger partial charge in [-0.15, -0.1) is 0 Å². The van der Waals surface area contributed by atoms with Crippen LogP contribution in [0.1, 0.15) is 52.4 Å². The number of aliphatic carboxylic acids is 1. The van der Waals surface area contributed by atoms with Crippen LogP contribution >= 0.6 is 0 Å². The molecule has 2 atom stereocenters. The number of likely N-dealkylation sites (tertiary alicyclic amines) is 1. The number of nitrogens with zero attached hydrogens (tertiary/aromatic N) is 1. The first kappa shape index (κ1) is 15.1. The lowest BCUT2D eigenvalue weighted by molar-refractivity contribution is -0.152. The first-order valence-electron chi connectivity index (χ1n) is 7.77. The Morgan fingerprint density at radius 1 is 1.45 bits per heavy atom. The second kappa shape index (κ2) is 6.02. The maximum Gasteiger partial charge on any atom is 0.317 e. The van der Waals surface area contributed by atoms with Crippen molar-refractivity contribution in [1.29, 1.82) is 0 Å². The van der Waals surface area contributed by atoms with E-state index in [0.717, 1.165) is 12.8 Å². The number of piperidine rings is 1. The lowest BCUT2D eigenvalue weighted by Gasteiger charge is -2.40. The Bertz CT molecular complexity index is 377. The van der Waals surface area contributed by atoms with E-state index >= 15 is 0 Å². The highest BCUT2D eigenvalue weighted by molar-refractivity contribution is 5.79. The van der Waals surface area contributed by atoms with E-state index in [2.05, 4.69) is 5.32 Å². The molecule has 0 aromatic rings. The van der Waals surface area contributed by atoms with Gasteiger partial charge in [0.05, 0.1) is 5.41 Å². The molecule has 2 aliphatic rings. The van der Waals surface area contributed by atoms with Gasteiger partial charge in [0.2, 0.25) is 0 Å². The van der Waals surface area contributed by atoms with Crippen LogP contribution in [0, 0.1) is 11.3 Å². The number of hydrogen-bond acceptors (Lipinski definition) is 2. The normalized spacial score (nSPS) is 28.0. The molecule has 0 aromatic carbocycles. The van der Waals surface area contributed by atoms with E-state index in [4.69, 9.17) is 0 Å². The highest BCUT2D eigenvalue weighted by Gasteiger charge is 2.43. The smallest absolute Gasteiger partial charge is 0.317 e. The number of hydrogen-bond donors (Lipinski definition) is 2. The van der Waals surface area contributed by atoms with Crippen LogP contribution in [-0.4, -0.2) is 41.1 Å². The molecule has 2 amide bonds. The van der Waals surface area contributed by atoms with Gasteiger partial charge in [0.1, 0.15) is 0 Å². The molecule has 20 heavy (non-hydrogen) atoms. The zero-order chi connectivity index (χ0) is 14.8. The third kappa shape index (κ3) is 3.25. The summed E-state index contributed by atoms with van der Waals surface area (Å²) in [5.41, 5.74) is -0.743. The minimum absolute atomic E-state index is 0.0918. The number of carboxylic acid groups (broad SMARTS) is 1. The fourth-order valence-electron chi connectivity index (χ4n) is 3.27. The van der Waals surface area contributed by atoms with Gasteiger partial charge in [-0.2, -0.15) is 0 Å². The highest BCUT2D eigenvalue weighted by atomic mass is 16.4. The minimum Gasteiger partial charge on any atom is -0.481 e. The molecule has 0 radical (unpaired) electrons. The molecular weight excluding hydrogens is 256 g/mol. The molecule has 0 spiro atoms. The van der Waals surface area contributed by atoms with Gasteiger partial charge in [0.15, 0.2) is 0 Å². The largest absolute Gasteiger partial charge is 0.481 e. The Kier molecular flexibility index (Phi) is 4.55. The molecule has 2 N–H and O–H groups in total. The fourth-order valence-corrected chi connectivity index (χ4v) is 3.27. The van der Waals surface area contributed by atoms with Crippen LogP contribution in [0.25, 0.3) is 0 Å². The van der Waals surface area contributed by atoms with Crippen LogP contribution in [0.3, 0.4) is 0 Å². The Morgan fingerprint density at radius 3 is 2.70 bits per heavy atom. The lowest BCUT2D eigenvalue weighted by atomic mass is 9.76. The molecule has 1 aliphatic carbocycles. The van der Waals surface area contributed by atoms with Gasteiger partial charge in [0, 0.05) is 19.1 Å². The van der Waals surface area contributed by atoms with Crippen LogP contribution in [0.2, 0.25) is 0 Å². The number of carbonyl (C=O) groups is 2. The monoisotopic (exact) mass is 282 g/mol. The molecule has 5 heteroatoms. The maximum absolute atomic E-state index is 12.3. The quantitative estimate of drug-likeness (QED) is 0.813. The number of urea groups is 1. The van der Waals surface area contributed by atoms with Crippen molar-refractivity contribution >= 4 is 12.0 Å². The first-order valence-corrected chi connectivity index (χ1v) is 7.77. The zero-order valence-corrected chi connectivity index (χ0v) is 12.5. The van der Waals surface area contributed by atoms with Crippen LogP contribution in [0.5, 0.6) is 0 Å². The van der Waals surface area contributed by atoms with Crippen molar-refractivity contribution in [2.24, 2.45) is 11.3 Å². The van der Waals surface area contributed by atoms with Crippen molar-refractivity contribution in [2.45, 2.75) is 58.4 Å². The highest BCUT2D eigenvalue weighted by Crippen LogP contribution is 2.36. The van der Waals surface area contributed by atoms with Gasteiger partial charge in [-0.05, 0) is 44.9 Å². The molecule has 0 aromatic heterocycles. The van der Waals surface area contributed by atoms with E-state index in [1.54, 1.807) is 4.90 Å². The molecule has 1 saturated carbocycles. The summed E-state index contributed by atoms with van der Waals surface area (Å²) in [5.74, 6) is -0.143. The predicted molar refractivity (Wildman–Crippen MR) is 76.5 cm³/mol. The van der Waals surface area contributed by atoms with Gasteiger partial charge >= 0.3 is 12.0 Å². The van der Waals surface area contributed by atoms with E-state index in [1.165, 1.54) is 12.8 Å². The summed E-state index contributed by atoms with van der Waals surface area (Å²) < 4.78 is 0. The zero-order valence-electron chi connectivity index (χ0n) is 12.5. The van der Waals surface area contributed by atoms with Gasteiger partial charge in [-0.1, -0.05) is 13.3 Å². The van der Waals surface area contributed by atoms with Crippen LogP contribution in [-0.2, 0) is 4.79 Å². The number of carbonyl (C=O) groups excluding carboxylic acids is 1. The summed E-state index contributed by atoms with van der Waals surface area (Å²) in [4.78, 5) is 25.6. The van der Waals surface area contributed by atoms with Crippen molar-refractivity contribution in [1.82, 2.24) is 10.2 Å². The van der Waals surface area contributed by atoms with Gasteiger partial charge in [-0.3, -0.25) is 4.79 Å². The van der Waals surface area contributed by atoms with Crippen LogP contribution in [0.4, 0.5) is 4.79 Å². The van der Waals surface area contributed by atoms with E-state index in [0.29, 0.717) is 31.8 Å². The molecule has 0 bridgehead atoms. The molecule has 1 saturated heterocycles. The van der Waals surface area contributed by atoms with Crippen molar-refractivity contribution < 1.29 is 14.7 Å². The molecule has 2 unspecified atom stereocenters. The van der Waals surface area contributed by atoms with Gasteiger partial charge in [0.25, 0.3) is 0 Å². The van der Waals surface area contributed by atoms with Crippen LogP contribution in [0.15, 0.2) is 0 Å². The fraction of sp³-hybridized carbons (Fsp3) is 0.867. The minimum atomic E-state index is -0.757. The Labute approximate surface area is 120 Å². The standard InChI is InChI=1S/C15H26N2O3/c1-3-7-15(13(18)19)8-4-9-17(10-15)14(20)16-11(2)12-5-6-12/h11-12H,3-10H2,1-2H3,(H,16,20)(H,18,19). The number of rotatable bonds is 5. The summed E-state index contributed by atoms with van der Waals surface area (Å²) >= 11 is 0. The van der Waals surface area contributed by atoms with E-state index < -0.39 is 11.4 Å². The molecule has 1 heterocycles. The average molecular weight is 282 g/mol. The Hall–Kier alpha value is -1.26. The van der Waals surface area contributed by atoms with Gasteiger partial charge in [-0.25, -0.2) is 4.79 Å². The molecule has 1 aliphatic heterocycles. The molecule has 114 valence electrons. The number of amides is 2. The molecular formula is C15H26N2O3. The first-order chi connectivity index (χ1) is 9.48. The lowest BCUT2D eigenvalue weighted by Crippen LogP contribution is -2.54. The third-order valence-corrected chi connectivity index (χ3v) is 4.73. The van der Waals surface area contributed by atoms with Crippen LogP contribution < -0.4 is 5.32 Å². The third-order valence-electron chi connectivity index (χ3n) is 4.73. The number of nitrogens with one attached hydrogen (secondary N) is 1. The van der Waals surface area contributed by atoms with Crippen molar-refractivity contribution in [2.75, 3.05) is 13.1 Å². The van der Waals surface area contributed by atoms with E-state index in [-0.39, 0.29) is 12.1 Å². The number of carboxylic acids is 1. The SMILES string of the molecule is CCCC1(C(=O)O)CCCN(C(=O)NC(C)C2CC2)C1. The summed E-state index contributed by atoms with van der Waals surface area (Å²) in [6.45, 7) is 5.05.